The summed E-state index contributed by atoms with van der Waals surface area (Å²) in [6, 6.07) is 56.7. The van der Waals surface area contributed by atoms with Crippen LogP contribution in [0, 0.1) is 0 Å². The average molecular weight is 695 g/mol. The summed E-state index contributed by atoms with van der Waals surface area (Å²) in [4.78, 5) is 0. The van der Waals surface area contributed by atoms with Crippen LogP contribution in [0.3, 0.4) is 0 Å². The van der Waals surface area contributed by atoms with E-state index in [-0.39, 0.29) is 0 Å². The van der Waals surface area contributed by atoms with Gasteiger partial charge in [0.2, 0.25) is 0 Å². The highest BCUT2D eigenvalue weighted by molar-refractivity contribution is 7.26. The fourth-order valence-corrected chi connectivity index (χ4v) is 10.3. The zero-order valence-electron chi connectivity index (χ0n) is 28.1. The molecule has 0 radical (unpaired) electrons. The lowest BCUT2D eigenvalue weighted by atomic mass is 10.1. The van der Waals surface area contributed by atoms with Crippen molar-refractivity contribution in [3.63, 3.8) is 0 Å². The van der Waals surface area contributed by atoms with Gasteiger partial charge in [-0.05, 0) is 72.8 Å². The first kappa shape index (κ1) is 27.8. The van der Waals surface area contributed by atoms with E-state index in [0.717, 1.165) is 76.9 Å². The molecule has 0 spiro atoms. The van der Waals surface area contributed by atoms with Gasteiger partial charge >= 0.3 is 0 Å². The Morgan fingerprint density at radius 2 is 0.981 bits per heavy atom. The molecule has 53 heavy (non-hydrogen) atoms. The van der Waals surface area contributed by atoms with Crippen LogP contribution in [0.5, 0.6) is 0 Å². The molecular weight excluding hydrogens is 669 g/mol. The average Bonchev–Trinajstić information content (AvgIpc) is 4.01. The first-order valence-electron chi connectivity index (χ1n) is 17.9. The molecule has 0 bridgehead atoms. The molecular formula is C48H26N2O2S. The Hall–Kier alpha value is -6.82. The minimum absolute atomic E-state index is 0.891. The normalized spacial score (nSPS) is 12.5. The van der Waals surface area contributed by atoms with Crippen LogP contribution in [0.15, 0.2) is 167 Å². The molecule has 8 aromatic carbocycles. The molecule has 0 saturated heterocycles. The Morgan fingerprint density at radius 3 is 1.75 bits per heavy atom. The van der Waals surface area contributed by atoms with E-state index in [1.807, 2.05) is 23.5 Å². The van der Waals surface area contributed by atoms with Gasteiger partial charge in [0, 0.05) is 53.5 Å². The molecule has 5 aromatic heterocycles. The summed E-state index contributed by atoms with van der Waals surface area (Å²) in [7, 11) is 0. The van der Waals surface area contributed by atoms with E-state index in [0.29, 0.717) is 0 Å². The van der Waals surface area contributed by atoms with Gasteiger partial charge in [-0.25, -0.2) is 0 Å². The van der Waals surface area contributed by atoms with Crippen LogP contribution in [-0.2, 0) is 0 Å². The smallest absolute Gasteiger partial charge is 0.145 e. The molecule has 0 aliphatic heterocycles. The van der Waals surface area contributed by atoms with Gasteiger partial charge in [0.25, 0.3) is 0 Å². The second kappa shape index (κ2) is 9.94. The number of hydrogen-bond donors (Lipinski definition) is 0. The van der Waals surface area contributed by atoms with Crippen molar-refractivity contribution in [1.82, 2.24) is 9.13 Å². The van der Waals surface area contributed by atoms with E-state index < -0.39 is 0 Å². The van der Waals surface area contributed by atoms with Gasteiger partial charge in [0.1, 0.15) is 22.3 Å². The van der Waals surface area contributed by atoms with Crippen LogP contribution < -0.4 is 0 Å². The Morgan fingerprint density at radius 1 is 0.377 bits per heavy atom. The van der Waals surface area contributed by atoms with Crippen molar-refractivity contribution in [2.24, 2.45) is 0 Å². The van der Waals surface area contributed by atoms with Crippen LogP contribution in [0.1, 0.15) is 0 Å². The van der Waals surface area contributed by atoms with E-state index in [2.05, 4.69) is 155 Å². The van der Waals surface area contributed by atoms with E-state index in [1.54, 1.807) is 0 Å². The van der Waals surface area contributed by atoms with Crippen LogP contribution in [0.25, 0.3) is 119 Å². The minimum Gasteiger partial charge on any atom is -0.456 e. The van der Waals surface area contributed by atoms with Gasteiger partial charge in [0.15, 0.2) is 0 Å². The van der Waals surface area contributed by atoms with Gasteiger partial charge in [0.05, 0.1) is 43.2 Å². The number of hydrogen-bond acceptors (Lipinski definition) is 3. The van der Waals surface area contributed by atoms with E-state index in [1.165, 1.54) is 42.1 Å². The quantitative estimate of drug-likeness (QED) is 0.181. The number of fused-ring (bicyclic) bond motifs is 17. The summed E-state index contributed by atoms with van der Waals surface area (Å²) in [5, 5.41) is 11.7. The predicted molar refractivity (Wildman–Crippen MR) is 223 cm³/mol. The molecule has 13 rings (SSSR count). The van der Waals surface area contributed by atoms with Gasteiger partial charge in [-0.2, -0.15) is 0 Å². The van der Waals surface area contributed by atoms with Crippen molar-refractivity contribution in [3.8, 4) is 11.4 Å². The summed E-state index contributed by atoms with van der Waals surface area (Å²) in [6.45, 7) is 0. The van der Waals surface area contributed by atoms with Crippen molar-refractivity contribution < 1.29 is 8.83 Å². The third-order valence-electron chi connectivity index (χ3n) is 11.3. The molecule has 5 heteroatoms. The Kier molecular flexibility index (Phi) is 5.22. The monoisotopic (exact) mass is 694 g/mol. The number of aromatic nitrogens is 2. The number of thiophene rings is 1. The van der Waals surface area contributed by atoms with E-state index >= 15 is 0 Å². The highest BCUT2D eigenvalue weighted by Crippen LogP contribution is 2.46. The molecule has 5 heterocycles. The minimum atomic E-state index is 0.891. The fourth-order valence-electron chi connectivity index (χ4n) is 9.09. The maximum Gasteiger partial charge on any atom is 0.145 e. The number of benzene rings is 8. The summed E-state index contributed by atoms with van der Waals surface area (Å²) in [6.07, 6.45) is 0. The lowest BCUT2D eigenvalue weighted by Crippen LogP contribution is -1.93. The molecule has 13 aromatic rings. The summed E-state index contributed by atoms with van der Waals surface area (Å²) >= 11 is 1.86. The number of para-hydroxylation sites is 3. The Balaban J connectivity index is 1.12. The van der Waals surface area contributed by atoms with Crippen molar-refractivity contribution in [3.05, 3.63) is 158 Å². The molecule has 4 nitrogen and oxygen atoms in total. The van der Waals surface area contributed by atoms with E-state index in [9.17, 15) is 0 Å². The topological polar surface area (TPSA) is 36.1 Å². The first-order chi connectivity index (χ1) is 26.3. The third kappa shape index (κ3) is 3.54. The summed E-state index contributed by atoms with van der Waals surface area (Å²) in [5.74, 6) is 0. The molecule has 0 aliphatic rings. The van der Waals surface area contributed by atoms with E-state index in [4.69, 9.17) is 8.83 Å². The molecule has 0 N–H and O–H groups in total. The maximum absolute atomic E-state index is 7.21. The van der Waals surface area contributed by atoms with Crippen molar-refractivity contribution in [2.75, 3.05) is 0 Å². The van der Waals surface area contributed by atoms with Crippen LogP contribution in [0.2, 0.25) is 0 Å². The van der Waals surface area contributed by atoms with Crippen LogP contribution in [0.4, 0.5) is 0 Å². The molecule has 0 amide bonds. The largest absolute Gasteiger partial charge is 0.456 e. The number of nitrogens with zero attached hydrogens (tertiary/aromatic N) is 2. The predicted octanol–water partition coefficient (Wildman–Crippen LogP) is 14.0. The van der Waals surface area contributed by atoms with Gasteiger partial charge in [-0.3, -0.25) is 0 Å². The second-order valence-corrected chi connectivity index (χ2v) is 15.1. The van der Waals surface area contributed by atoms with Crippen molar-refractivity contribution in [2.45, 2.75) is 0 Å². The summed E-state index contributed by atoms with van der Waals surface area (Å²) in [5.41, 5.74) is 10.5. The van der Waals surface area contributed by atoms with Gasteiger partial charge < -0.3 is 18.0 Å². The zero-order valence-corrected chi connectivity index (χ0v) is 28.9. The molecule has 246 valence electrons. The van der Waals surface area contributed by atoms with Crippen molar-refractivity contribution in [1.29, 1.82) is 0 Å². The van der Waals surface area contributed by atoms with Gasteiger partial charge in [-0.1, -0.05) is 84.9 Å². The maximum atomic E-state index is 7.21. The highest BCUT2D eigenvalue weighted by Gasteiger charge is 2.23. The summed E-state index contributed by atoms with van der Waals surface area (Å²) < 4.78 is 20.8. The highest BCUT2D eigenvalue weighted by atomic mass is 32.1. The standard InChI is InChI=1S/C48H26N2O2S/c1-5-15-36-33(12-1)44-38(49(36)27-20-25-42-35(26-27)28-10-3-7-18-41(28)51-42)23-21-30-31-22-24-39-45(47(31)52-46(30)44)34-13-2-6-16-37(34)50(39)40-17-9-14-32-29-11-4-8-19-43(29)53-48(32)40/h1-26H. The molecule has 0 unspecified atom stereocenters. The lowest BCUT2D eigenvalue weighted by Gasteiger charge is -2.09. The van der Waals surface area contributed by atoms with Crippen molar-refractivity contribution >= 4 is 119 Å². The molecule has 0 aliphatic carbocycles. The van der Waals surface area contributed by atoms with Gasteiger partial charge in [-0.15, -0.1) is 11.3 Å². The molecule has 0 atom stereocenters. The van der Waals surface area contributed by atoms with Crippen LogP contribution in [-0.4, -0.2) is 9.13 Å². The van der Waals surface area contributed by atoms with Crippen LogP contribution >= 0.6 is 11.3 Å². The Labute approximate surface area is 304 Å². The zero-order chi connectivity index (χ0) is 34.4. The Bertz CT molecular complexity index is 3700. The third-order valence-corrected chi connectivity index (χ3v) is 12.5. The fraction of sp³-hybridized carbons (Fsp3) is 0. The lowest BCUT2D eigenvalue weighted by molar-refractivity contribution is 0.669. The number of furan rings is 2. The molecule has 0 fully saturated rings. The first-order valence-corrected chi connectivity index (χ1v) is 18.7. The SMILES string of the molecule is c1ccc2c(c1)oc1ccc(-n3c4ccccc4c4c5oc6c(ccc7c6c6ccccc6n7-c6cccc7c6sc6ccccc67)c5ccc43)cc12. The number of rotatable bonds is 2. The second-order valence-electron chi connectivity index (χ2n) is 14.0. The molecule has 0 saturated carbocycles.